The van der Waals surface area contributed by atoms with E-state index < -0.39 is 0 Å². The van der Waals surface area contributed by atoms with Crippen LogP contribution in [0.3, 0.4) is 0 Å². The minimum absolute atomic E-state index is 0.0707. The first-order valence-corrected chi connectivity index (χ1v) is 6.31. The molecule has 2 aromatic rings. The van der Waals surface area contributed by atoms with Crippen LogP contribution in [-0.2, 0) is 6.54 Å². The van der Waals surface area contributed by atoms with Crippen LogP contribution in [-0.4, -0.2) is 39.8 Å². The zero-order valence-electron chi connectivity index (χ0n) is 11.5. The van der Waals surface area contributed by atoms with Gasteiger partial charge in [0.2, 0.25) is 0 Å². The maximum absolute atomic E-state index is 9.09. The molecule has 0 aliphatic carbocycles. The average molecular weight is 261 g/mol. The van der Waals surface area contributed by atoms with Gasteiger partial charge in [0.1, 0.15) is 0 Å². The lowest BCUT2D eigenvalue weighted by molar-refractivity contribution is 0.150. The predicted octanol–water partition coefficient (Wildman–Crippen LogP) is 1.86. The predicted molar refractivity (Wildman–Crippen MR) is 72.5 cm³/mol. The second kappa shape index (κ2) is 5.95. The van der Waals surface area contributed by atoms with Crippen molar-refractivity contribution in [1.29, 1.82) is 0 Å². The van der Waals surface area contributed by atoms with Crippen LogP contribution in [0.15, 0.2) is 28.8 Å². The highest BCUT2D eigenvalue weighted by molar-refractivity contribution is 5.53. The first-order chi connectivity index (χ1) is 9.10. The molecule has 5 nitrogen and oxygen atoms in total. The van der Waals surface area contributed by atoms with E-state index in [-0.39, 0.29) is 12.6 Å². The lowest BCUT2D eigenvalue weighted by atomic mass is 10.1. The first kappa shape index (κ1) is 13.7. The number of aryl methyl sites for hydroxylation is 1. The molecule has 1 heterocycles. The van der Waals surface area contributed by atoms with E-state index in [1.165, 1.54) is 5.56 Å². The highest BCUT2D eigenvalue weighted by Gasteiger charge is 2.13. The van der Waals surface area contributed by atoms with Crippen molar-refractivity contribution in [2.45, 2.75) is 26.4 Å². The number of aromatic nitrogens is 2. The van der Waals surface area contributed by atoms with Crippen LogP contribution in [0.25, 0.3) is 11.5 Å². The lowest BCUT2D eigenvalue weighted by Crippen LogP contribution is -2.31. The number of likely N-dealkylation sites (N-methyl/N-ethyl adjacent to an activating group) is 1. The van der Waals surface area contributed by atoms with Gasteiger partial charge in [-0.05, 0) is 33.0 Å². The summed E-state index contributed by atoms with van der Waals surface area (Å²) < 4.78 is 5.25. The molecular formula is C14H19N3O2. The highest BCUT2D eigenvalue weighted by Crippen LogP contribution is 2.18. The SMILES string of the molecule is Cc1ccc(-c2nc(CN(C)C(C)CO)no2)cc1. The molecule has 0 radical (unpaired) electrons. The van der Waals surface area contributed by atoms with Crippen molar-refractivity contribution in [3.8, 4) is 11.5 Å². The molecule has 0 amide bonds. The second-order valence-corrected chi connectivity index (χ2v) is 4.83. The molecule has 1 unspecified atom stereocenters. The van der Waals surface area contributed by atoms with Crippen molar-refractivity contribution in [3.63, 3.8) is 0 Å². The largest absolute Gasteiger partial charge is 0.395 e. The number of aliphatic hydroxyl groups excluding tert-OH is 1. The molecule has 0 aliphatic rings. The Morgan fingerprint density at radius 3 is 2.63 bits per heavy atom. The molecule has 2 rings (SSSR count). The summed E-state index contributed by atoms with van der Waals surface area (Å²) in [5.74, 6) is 1.15. The fraction of sp³-hybridized carbons (Fsp3) is 0.429. The maximum atomic E-state index is 9.09. The molecule has 0 bridgehead atoms. The Hall–Kier alpha value is -1.72. The van der Waals surface area contributed by atoms with Crippen LogP contribution in [0.5, 0.6) is 0 Å². The molecule has 1 N–H and O–H groups in total. The molecule has 0 saturated carbocycles. The van der Waals surface area contributed by atoms with Gasteiger partial charge in [0.15, 0.2) is 5.82 Å². The van der Waals surface area contributed by atoms with Gasteiger partial charge < -0.3 is 9.63 Å². The summed E-state index contributed by atoms with van der Waals surface area (Å²) in [7, 11) is 1.92. The van der Waals surface area contributed by atoms with Gasteiger partial charge in [0.25, 0.3) is 5.89 Å². The quantitative estimate of drug-likeness (QED) is 0.890. The standard InChI is InChI=1S/C14H19N3O2/c1-10-4-6-12(7-5-10)14-15-13(16-19-14)8-17(3)11(2)9-18/h4-7,11,18H,8-9H2,1-3H3. The molecule has 0 spiro atoms. The minimum atomic E-state index is 0.0707. The second-order valence-electron chi connectivity index (χ2n) is 4.83. The van der Waals surface area contributed by atoms with Crippen molar-refractivity contribution in [2.24, 2.45) is 0 Å². The number of nitrogens with zero attached hydrogens (tertiary/aromatic N) is 3. The summed E-state index contributed by atoms with van der Waals surface area (Å²) in [5.41, 5.74) is 2.11. The highest BCUT2D eigenvalue weighted by atomic mass is 16.5. The van der Waals surface area contributed by atoms with E-state index in [1.807, 2.05) is 50.1 Å². The summed E-state index contributed by atoms with van der Waals surface area (Å²) in [6.07, 6.45) is 0. The Balaban J connectivity index is 2.09. The van der Waals surface area contributed by atoms with Crippen LogP contribution in [0.2, 0.25) is 0 Å². The van der Waals surface area contributed by atoms with Gasteiger partial charge >= 0.3 is 0 Å². The third-order valence-corrected chi connectivity index (χ3v) is 3.17. The number of hydrogen-bond acceptors (Lipinski definition) is 5. The van der Waals surface area contributed by atoms with Crippen LogP contribution >= 0.6 is 0 Å². The molecule has 5 heteroatoms. The summed E-state index contributed by atoms with van der Waals surface area (Å²) in [5, 5.41) is 13.0. The normalized spacial score (nSPS) is 12.9. The van der Waals surface area contributed by atoms with Crippen LogP contribution in [0.4, 0.5) is 0 Å². The van der Waals surface area contributed by atoms with Gasteiger partial charge in [0.05, 0.1) is 13.2 Å². The Labute approximate surface area is 112 Å². The number of rotatable bonds is 5. The van der Waals surface area contributed by atoms with Crippen LogP contribution < -0.4 is 0 Å². The Morgan fingerprint density at radius 1 is 1.32 bits per heavy atom. The summed E-state index contributed by atoms with van der Waals surface area (Å²) >= 11 is 0. The van der Waals surface area contributed by atoms with Gasteiger partial charge in [-0.25, -0.2) is 0 Å². The van der Waals surface area contributed by atoms with Gasteiger partial charge in [-0.15, -0.1) is 0 Å². The van der Waals surface area contributed by atoms with Crippen molar-refractivity contribution >= 4 is 0 Å². The van der Waals surface area contributed by atoms with E-state index in [4.69, 9.17) is 9.63 Å². The van der Waals surface area contributed by atoms with Crippen molar-refractivity contribution in [3.05, 3.63) is 35.7 Å². The summed E-state index contributed by atoms with van der Waals surface area (Å²) in [6, 6.07) is 8.03. The fourth-order valence-electron chi connectivity index (χ4n) is 1.65. The summed E-state index contributed by atoms with van der Waals surface area (Å²) in [6.45, 7) is 4.64. The molecule has 0 fully saturated rings. The molecule has 0 saturated heterocycles. The monoisotopic (exact) mass is 261 g/mol. The molecule has 102 valence electrons. The topological polar surface area (TPSA) is 62.4 Å². The molecule has 1 atom stereocenters. The van der Waals surface area contributed by atoms with Crippen LogP contribution in [0, 0.1) is 6.92 Å². The number of hydrogen-bond donors (Lipinski definition) is 1. The average Bonchev–Trinajstić information content (AvgIpc) is 2.87. The number of aliphatic hydroxyl groups is 1. The van der Waals surface area contributed by atoms with Gasteiger partial charge in [0, 0.05) is 11.6 Å². The van der Waals surface area contributed by atoms with E-state index >= 15 is 0 Å². The zero-order valence-corrected chi connectivity index (χ0v) is 11.5. The van der Waals surface area contributed by atoms with E-state index in [1.54, 1.807) is 0 Å². The molecule has 1 aromatic heterocycles. The minimum Gasteiger partial charge on any atom is -0.395 e. The van der Waals surface area contributed by atoms with E-state index in [9.17, 15) is 0 Å². The Morgan fingerprint density at radius 2 is 2.00 bits per heavy atom. The van der Waals surface area contributed by atoms with Crippen LogP contribution in [0.1, 0.15) is 18.3 Å². The van der Waals surface area contributed by atoms with Crippen molar-refractivity contribution < 1.29 is 9.63 Å². The number of benzene rings is 1. The third-order valence-electron chi connectivity index (χ3n) is 3.17. The fourth-order valence-corrected chi connectivity index (χ4v) is 1.65. The van der Waals surface area contributed by atoms with E-state index in [0.717, 1.165) is 5.56 Å². The van der Waals surface area contributed by atoms with Gasteiger partial charge in [-0.1, -0.05) is 22.9 Å². The zero-order chi connectivity index (χ0) is 13.8. The smallest absolute Gasteiger partial charge is 0.257 e. The molecule has 0 aliphatic heterocycles. The third kappa shape index (κ3) is 3.39. The van der Waals surface area contributed by atoms with Crippen molar-refractivity contribution in [1.82, 2.24) is 15.0 Å². The van der Waals surface area contributed by atoms with E-state index in [2.05, 4.69) is 10.1 Å². The molecular weight excluding hydrogens is 242 g/mol. The van der Waals surface area contributed by atoms with E-state index in [0.29, 0.717) is 18.3 Å². The maximum Gasteiger partial charge on any atom is 0.257 e. The lowest BCUT2D eigenvalue weighted by Gasteiger charge is -2.20. The summed E-state index contributed by atoms with van der Waals surface area (Å²) in [4.78, 5) is 6.34. The Kier molecular flexibility index (Phi) is 4.29. The van der Waals surface area contributed by atoms with Gasteiger partial charge in [-0.3, -0.25) is 4.90 Å². The van der Waals surface area contributed by atoms with Crippen molar-refractivity contribution in [2.75, 3.05) is 13.7 Å². The Bertz CT molecular complexity index is 522. The first-order valence-electron chi connectivity index (χ1n) is 6.31. The molecule has 1 aromatic carbocycles. The molecule has 19 heavy (non-hydrogen) atoms. The van der Waals surface area contributed by atoms with Gasteiger partial charge in [-0.2, -0.15) is 4.98 Å².